The summed E-state index contributed by atoms with van der Waals surface area (Å²) in [6.07, 6.45) is 0.744. The number of hydrogen-bond acceptors (Lipinski definition) is 3. The monoisotopic (exact) mass is 194 g/mol. The molecule has 0 amide bonds. The summed E-state index contributed by atoms with van der Waals surface area (Å²) in [7, 11) is 0. The molecule has 3 nitrogen and oxygen atoms in total. The Labute approximate surface area is 84.9 Å². The topological polar surface area (TPSA) is 58.3 Å². The van der Waals surface area contributed by atoms with Crippen molar-refractivity contribution in [3.8, 4) is 0 Å². The predicted molar refractivity (Wildman–Crippen MR) is 60.4 cm³/mol. The SMILES string of the molecule is Cc1ccc(NC(C)CCO)cc1N. The second-order valence-electron chi connectivity index (χ2n) is 3.63. The van der Waals surface area contributed by atoms with Gasteiger partial charge >= 0.3 is 0 Å². The molecule has 0 bridgehead atoms. The van der Waals surface area contributed by atoms with Crippen LogP contribution in [0.1, 0.15) is 18.9 Å². The van der Waals surface area contributed by atoms with Gasteiger partial charge in [-0.3, -0.25) is 0 Å². The van der Waals surface area contributed by atoms with Crippen molar-refractivity contribution in [2.24, 2.45) is 0 Å². The highest BCUT2D eigenvalue weighted by atomic mass is 16.3. The number of aliphatic hydroxyl groups excluding tert-OH is 1. The molecule has 1 aromatic carbocycles. The first-order valence-corrected chi connectivity index (χ1v) is 4.87. The quantitative estimate of drug-likeness (QED) is 0.640. The van der Waals surface area contributed by atoms with Gasteiger partial charge in [-0.15, -0.1) is 0 Å². The molecule has 0 aromatic heterocycles. The molecular formula is C11H18N2O. The minimum Gasteiger partial charge on any atom is -0.398 e. The number of rotatable bonds is 4. The van der Waals surface area contributed by atoms with E-state index in [1.54, 1.807) is 0 Å². The summed E-state index contributed by atoms with van der Waals surface area (Å²) in [5, 5.41) is 12.0. The molecule has 0 aliphatic heterocycles. The first-order chi connectivity index (χ1) is 6.63. The largest absolute Gasteiger partial charge is 0.398 e. The highest BCUT2D eigenvalue weighted by molar-refractivity contribution is 5.58. The minimum absolute atomic E-state index is 0.204. The summed E-state index contributed by atoms with van der Waals surface area (Å²) in [6.45, 7) is 4.22. The van der Waals surface area contributed by atoms with Crippen LogP contribution in [-0.4, -0.2) is 17.8 Å². The van der Waals surface area contributed by atoms with E-state index < -0.39 is 0 Å². The fourth-order valence-electron chi connectivity index (χ4n) is 1.28. The second-order valence-corrected chi connectivity index (χ2v) is 3.63. The minimum atomic E-state index is 0.204. The van der Waals surface area contributed by atoms with Crippen LogP contribution in [0.2, 0.25) is 0 Å². The number of nitrogens with two attached hydrogens (primary N) is 1. The van der Waals surface area contributed by atoms with Crippen molar-refractivity contribution in [3.05, 3.63) is 23.8 Å². The van der Waals surface area contributed by atoms with Gasteiger partial charge in [-0.1, -0.05) is 6.07 Å². The molecule has 78 valence electrons. The van der Waals surface area contributed by atoms with Crippen LogP contribution < -0.4 is 11.1 Å². The van der Waals surface area contributed by atoms with Crippen molar-refractivity contribution >= 4 is 11.4 Å². The van der Waals surface area contributed by atoms with E-state index >= 15 is 0 Å². The number of anilines is 2. The molecule has 3 heteroatoms. The normalized spacial score (nSPS) is 12.5. The summed E-state index contributed by atoms with van der Waals surface area (Å²) in [5.74, 6) is 0. The van der Waals surface area contributed by atoms with Crippen LogP contribution in [-0.2, 0) is 0 Å². The Morgan fingerprint density at radius 2 is 2.21 bits per heavy atom. The van der Waals surface area contributed by atoms with Gasteiger partial charge in [0.15, 0.2) is 0 Å². The zero-order valence-electron chi connectivity index (χ0n) is 8.75. The van der Waals surface area contributed by atoms with Gasteiger partial charge in [0.2, 0.25) is 0 Å². The molecule has 1 aromatic rings. The standard InChI is InChI=1S/C11H18N2O/c1-8-3-4-10(7-11(8)12)13-9(2)5-6-14/h3-4,7,9,13-14H,5-6,12H2,1-2H3. The summed E-state index contributed by atoms with van der Waals surface area (Å²) in [5.41, 5.74) is 8.68. The van der Waals surface area contributed by atoms with E-state index in [0.717, 1.165) is 23.4 Å². The van der Waals surface area contributed by atoms with Gasteiger partial charge in [-0.05, 0) is 38.0 Å². The molecule has 0 aliphatic rings. The maximum atomic E-state index is 8.75. The highest BCUT2D eigenvalue weighted by Crippen LogP contribution is 2.17. The zero-order chi connectivity index (χ0) is 10.6. The summed E-state index contributed by atoms with van der Waals surface area (Å²) in [6, 6.07) is 6.17. The van der Waals surface area contributed by atoms with Gasteiger partial charge in [0.25, 0.3) is 0 Å². The molecule has 0 fully saturated rings. The van der Waals surface area contributed by atoms with E-state index in [1.165, 1.54) is 0 Å². The van der Waals surface area contributed by atoms with Crippen LogP contribution in [0.25, 0.3) is 0 Å². The molecule has 0 saturated heterocycles. The third-order valence-electron chi connectivity index (χ3n) is 2.25. The number of aryl methyl sites for hydroxylation is 1. The molecule has 0 radical (unpaired) electrons. The second kappa shape index (κ2) is 4.86. The molecular weight excluding hydrogens is 176 g/mol. The smallest absolute Gasteiger partial charge is 0.0450 e. The average molecular weight is 194 g/mol. The lowest BCUT2D eigenvalue weighted by atomic mass is 10.1. The van der Waals surface area contributed by atoms with E-state index in [1.807, 2.05) is 32.0 Å². The third-order valence-corrected chi connectivity index (χ3v) is 2.25. The van der Waals surface area contributed by atoms with E-state index in [2.05, 4.69) is 5.32 Å². The Morgan fingerprint density at radius 1 is 1.50 bits per heavy atom. The van der Waals surface area contributed by atoms with Crippen LogP contribution in [0.15, 0.2) is 18.2 Å². The molecule has 1 atom stereocenters. The Kier molecular flexibility index (Phi) is 3.77. The van der Waals surface area contributed by atoms with Crippen molar-refractivity contribution in [2.45, 2.75) is 26.3 Å². The van der Waals surface area contributed by atoms with Crippen molar-refractivity contribution < 1.29 is 5.11 Å². The van der Waals surface area contributed by atoms with E-state index in [-0.39, 0.29) is 12.6 Å². The van der Waals surface area contributed by atoms with Gasteiger partial charge in [0.05, 0.1) is 0 Å². The molecule has 1 rings (SSSR count). The van der Waals surface area contributed by atoms with Gasteiger partial charge in [-0.25, -0.2) is 0 Å². The highest BCUT2D eigenvalue weighted by Gasteiger charge is 2.01. The van der Waals surface area contributed by atoms with Gasteiger partial charge in [0, 0.05) is 24.0 Å². The van der Waals surface area contributed by atoms with Crippen LogP contribution in [0, 0.1) is 6.92 Å². The number of hydrogen-bond donors (Lipinski definition) is 3. The lowest BCUT2D eigenvalue weighted by Crippen LogP contribution is -2.16. The lowest BCUT2D eigenvalue weighted by molar-refractivity contribution is 0.282. The van der Waals surface area contributed by atoms with Crippen LogP contribution in [0.5, 0.6) is 0 Å². The molecule has 0 saturated carbocycles. The van der Waals surface area contributed by atoms with Crippen molar-refractivity contribution in [3.63, 3.8) is 0 Å². The number of nitrogen functional groups attached to an aromatic ring is 1. The number of nitrogens with one attached hydrogen (secondary N) is 1. The molecule has 0 aliphatic carbocycles. The lowest BCUT2D eigenvalue weighted by Gasteiger charge is -2.14. The van der Waals surface area contributed by atoms with E-state index in [0.29, 0.717) is 0 Å². The average Bonchev–Trinajstić information content (AvgIpc) is 2.12. The molecule has 1 unspecified atom stereocenters. The van der Waals surface area contributed by atoms with Gasteiger partial charge in [0.1, 0.15) is 0 Å². The molecule has 0 spiro atoms. The maximum absolute atomic E-state index is 8.75. The third kappa shape index (κ3) is 2.92. The Balaban J connectivity index is 2.63. The van der Waals surface area contributed by atoms with Crippen molar-refractivity contribution in [2.75, 3.05) is 17.7 Å². The first-order valence-electron chi connectivity index (χ1n) is 4.87. The molecule has 4 N–H and O–H groups in total. The fraction of sp³-hybridized carbons (Fsp3) is 0.455. The van der Waals surface area contributed by atoms with Crippen molar-refractivity contribution in [1.82, 2.24) is 0 Å². The Hall–Kier alpha value is -1.22. The molecule has 0 heterocycles. The number of aliphatic hydroxyl groups is 1. The first kappa shape index (κ1) is 10.9. The van der Waals surface area contributed by atoms with Gasteiger partial charge < -0.3 is 16.2 Å². The van der Waals surface area contributed by atoms with Crippen LogP contribution >= 0.6 is 0 Å². The number of benzene rings is 1. The summed E-state index contributed by atoms with van der Waals surface area (Å²) in [4.78, 5) is 0. The maximum Gasteiger partial charge on any atom is 0.0450 e. The summed E-state index contributed by atoms with van der Waals surface area (Å²) < 4.78 is 0. The predicted octanol–water partition coefficient (Wildman–Crippen LogP) is 1.76. The van der Waals surface area contributed by atoms with E-state index in [9.17, 15) is 0 Å². The Morgan fingerprint density at radius 3 is 2.79 bits per heavy atom. The molecule has 14 heavy (non-hydrogen) atoms. The van der Waals surface area contributed by atoms with Gasteiger partial charge in [-0.2, -0.15) is 0 Å². The van der Waals surface area contributed by atoms with Crippen LogP contribution in [0.3, 0.4) is 0 Å². The summed E-state index contributed by atoms with van der Waals surface area (Å²) >= 11 is 0. The Bertz CT molecular complexity index is 299. The van der Waals surface area contributed by atoms with Crippen LogP contribution in [0.4, 0.5) is 11.4 Å². The van der Waals surface area contributed by atoms with E-state index in [4.69, 9.17) is 10.8 Å². The van der Waals surface area contributed by atoms with Crippen molar-refractivity contribution in [1.29, 1.82) is 0 Å². The zero-order valence-corrected chi connectivity index (χ0v) is 8.75. The fourth-order valence-corrected chi connectivity index (χ4v) is 1.28.